The third-order valence-corrected chi connectivity index (χ3v) is 6.73. The van der Waals surface area contributed by atoms with Crippen molar-refractivity contribution in [2.45, 2.75) is 39.0 Å². The van der Waals surface area contributed by atoms with Gasteiger partial charge in [0.2, 0.25) is 11.7 Å². The summed E-state index contributed by atoms with van der Waals surface area (Å²) in [6.45, 7) is 3.85. The number of halogens is 1. The lowest BCUT2D eigenvalue weighted by Gasteiger charge is -2.34. The lowest BCUT2D eigenvalue weighted by atomic mass is 10.0. The lowest BCUT2D eigenvalue weighted by Crippen LogP contribution is -2.49. The maximum Gasteiger partial charge on any atom is 0.293 e. The van der Waals surface area contributed by atoms with Crippen molar-refractivity contribution in [1.29, 1.82) is 5.26 Å². The summed E-state index contributed by atoms with van der Waals surface area (Å²) in [4.78, 5) is 34.4. The Morgan fingerprint density at radius 2 is 2.05 bits per heavy atom. The first kappa shape index (κ1) is 24.4. The number of H-pyrrole nitrogens is 1. The molecule has 4 atom stereocenters. The SMILES string of the molecule is Cc1nc(C(=O)N2CC[C@H](Oc3ccc(-c4ccnc(NC(=O)[C@@H]5CC5C)c4)cc3C#N)[C@H](F)C2)n[nH]1. The number of alkyl halides is 1. The second kappa shape index (κ2) is 9.97. The molecule has 1 unspecified atom stereocenters. The molecule has 0 spiro atoms. The van der Waals surface area contributed by atoms with Gasteiger partial charge < -0.3 is 15.0 Å². The van der Waals surface area contributed by atoms with Gasteiger partial charge in [-0.15, -0.1) is 5.10 Å². The number of aromatic amines is 1. The smallest absolute Gasteiger partial charge is 0.293 e. The quantitative estimate of drug-likeness (QED) is 0.527. The lowest BCUT2D eigenvalue weighted by molar-refractivity contribution is -0.117. The Hall–Kier alpha value is -4.33. The monoisotopic (exact) mass is 503 g/mol. The van der Waals surface area contributed by atoms with E-state index in [1.54, 1.807) is 43.5 Å². The molecule has 2 aromatic heterocycles. The number of benzene rings is 1. The van der Waals surface area contributed by atoms with Crippen LogP contribution < -0.4 is 10.1 Å². The molecule has 37 heavy (non-hydrogen) atoms. The van der Waals surface area contributed by atoms with E-state index in [0.29, 0.717) is 17.6 Å². The van der Waals surface area contributed by atoms with Crippen molar-refractivity contribution in [3.63, 3.8) is 0 Å². The fraction of sp³-hybridized carbons (Fsp3) is 0.385. The topological polar surface area (TPSA) is 137 Å². The molecule has 0 radical (unpaired) electrons. The molecule has 1 aliphatic heterocycles. The zero-order valence-corrected chi connectivity index (χ0v) is 20.4. The van der Waals surface area contributed by atoms with Crippen LogP contribution >= 0.6 is 0 Å². The van der Waals surface area contributed by atoms with E-state index in [1.807, 2.05) is 6.92 Å². The van der Waals surface area contributed by atoms with Crippen LogP contribution in [0.2, 0.25) is 0 Å². The molecule has 2 fully saturated rings. The molecule has 3 aromatic rings. The van der Waals surface area contributed by atoms with Crippen molar-refractivity contribution in [1.82, 2.24) is 25.1 Å². The summed E-state index contributed by atoms with van der Waals surface area (Å²) in [7, 11) is 0. The summed E-state index contributed by atoms with van der Waals surface area (Å²) in [5.41, 5.74) is 1.77. The first-order chi connectivity index (χ1) is 17.8. The second-order valence-electron chi connectivity index (χ2n) is 9.52. The Labute approximate surface area is 212 Å². The van der Waals surface area contributed by atoms with Gasteiger partial charge in [0.1, 0.15) is 29.6 Å². The van der Waals surface area contributed by atoms with Crippen LogP contribution in [0.5, 0.6) is 5.75 Å². The fourth-order valence-corrected chi connectivity index (χ4v) is 4.43. The van der Waals surface area contributed by atoms with E-state index >= 15 is 0 Å². The Kier molecular flexibility index (Phi) is 6.56. The average Bonchev–Trinajstić information content (AvgIpc) is 3.48. The van der Waals surface area contributed by atoms with Gasteiger partial charge in [-0.25, -0.2) is 14.4 Å². The number of nitrogens with zero attached hydrogens (tertiary/aromatic N) is 5. The van der Waals surface area contributed by atoms with Gasteiger partial charge in [0.15, 0.2) is 6.17 Å². The summed E-state index contributed by atoms with van der Waals surface area (Å²) in [6.07, 6.45) is 0.498. The van der Waals surface area contributed by atoms with Crippen molar-refractivity contribution >= 4 is 17.6 Å². The van der Waals surface area contributed by atoms with Crippen molar-refractivity contribution < 1.29 is 18.7 Å². The second-order valence-corrected chi connectivity index (χ2v) is 9.52. The van der Waals surface area contributed by atoms with Crippen LogP contribution in [0.3, 0.4) is 0 Å². The normalized spacial score (nSPS) is 22.7. The molecule has 2 N–H and O–H groups in total. The Balaban J connectivity index is 1.25. The minimum atomic E-state index is -1.44. The highest BCUT2D eigenvalue weighted by Crippen LogP contribution is 2.38. The number of ether oxygens (including phenoxy) is 1. The van der Waals surface area contributed by atoms with Gasteiger partial charge in [-0.05, 0) is 54.7 Å². The molecule has 0 bridgehead atoms. The number of aromatic nitrogens is 4. The standard InChI is InChI=1S/C26H26FN7O3/c1-14-9-19(14)25(35)31-23-11-17(5-7-29-23)16-3-4-21(18(10-16)12-28)37-22-6-8-34(13-20(22)27)26(36)24-30-15(2)32-33-24/h3-5,7,10-11,14,19-20,22H,6,8-9,13H2,1-2H3,(H,29,31,35)(H,30,32,33)/t14?,19-,20-,22+/m1/s1. The molecule has 10 nitrogen and oxygen atoms in total. The summed E-state index contributed by atoms with van der Waals surface area (Å²) in [6, 6.07) is 10.7. The van der Waals surface area contributed by atoms with Crippen LogP contribution in [-0.2, 0) is 4.79 Å². The molecule has 2 amide bonds. The van der Waals surface area contributed by atoms with Crippen molar-refractivity contribution in [3.05, 3.63) is 53.7 Å². The van der Waals surface area contributed by atoms with Gasteiger partial charge in [0.25, 0.3) is 5.91 Å². The number of nitriles is 1. The fourth-order valence-electron chi connectivity index (χ4n) is 4.43. The molecule has 3 heterocycles. The largest absolute Gasteiger partial charge is 0.486 e. The first-order valence-corrected chi connectivity index (χ1v) is 12.1. The Morgan fingerprint density at radius 1 is 1.27 bits per heavy atom. The van der Waals surface area contributed by atoms with Crippen molar-refractivity contribution in [3.8, 4) is 22.9 Å². The number of likely N-dealkylation sites (tertiary alicyclic amines) is 1. The van der Waals surface area contributed by atoms with Crippen LogP contribution in [0.1, 0.15) is 41.8 Å². The van der Waals surface area contributed by atoms with Crippen LogP contribution in [0.25, 0.3) is 11.1 Å². The first-order valence-electron chi connectivity index (χ1n) is 12.1. The van der Waals surface area contributed by atoms with E-state index in [1.165, 1.54) is 4.90 Å². The highest BCUT2D eigenvalue weighted by Gasteiger charge is 2.39. The van der Waals surface area contributed by atoms with Crippen molar-refractivity contribution in [2.24, 2.45) is 11.8 Å². The van der Waals surface area contributed by atoms with Crippen LogP contribution in [0, 0.1) is 30.1 Å². The summed E-state index contributed by atoms with van der Waals surface area (Å²) in [5, 5.41) is 19.0. The number of hydrogen-bond acceptors (Lipinski definition) is 7. The summed E-state index contributed by atoms with van der Waals surface area (Å²) >= 11 is 0. The van der Waals surface area contributed by atoms with Crippen LogP contribution in [-0.4, -0.2) is 62.2 Å². The number of carbonyl (C=O) groups is 2. The molecule has 1 saturated heterocycles. The third kappa shape index (κ3) is 5.28. The molecule has 1 saturated carbocycles. The molecule has 1 aliphatic carbocycles. The summed E-state index contributed by atoms with van der Waals surface area (Å²) < 4.78 is 20.9. The Morgan fingerprint density at radius 3 is 2.73 bits per heavy atom. The Bertz CT molecular complexity index is 1380. The molecule has 1 aromatic carbocycles. The van der Waals surface area contributed by atoms with Gasteiger partial charge in [-0.2, -0.15) is 5.26 Å². The maximum absolute atomic E-state index is 15.0. The number of pyridine rings is 1. The van der Waals surface area contributed by atoms with Crippen LogP contribution in [0.15, 0.2) is 36.5 Å². The molecule has 11 heteroatoms. The van der Waals surface area contributed by atoms with E-state index in [4.69, 9.17) is 4.74 Å². The minimum absolute atomic E-state index is 0.00681. The number of nitrogens with one attached hydrogen (secondary N) is 2. The third-order valence-electron chi connectivity index (χ3n) is 6.73. The predicted molar refractivity (Wildman–Crippen MR) is 131 cm³/mol. The van der Waals surface area contributed by atoms with Gasteiger partial charge in [-0.1, -0.05) is 13.0 Å². The van der Waals surface area contributed by atoms with Gasteiger partial charge in [0.05, 0.1) is 12.1 Å². The number of anilines is 1. The number of amides is 2. The minimum Gasteiger partial charge on any atom is -0.486 e. The van der Waals surface area contributed by atoms with E-state index in [9.17, 15) is 19.2 Å². The van der Waals surface area contributed by atoms with Gasteiger partial charge in [-0.3, -0.25) is 14.7 Å². The zero-order valence-electron chi connectivity index (χ0n) is 20.4. The van der Waals surface area contributed by atoms with E-state index in [2.05, 4.69) is 31.6 Å². The molecular weight excluding hydrogens is 477 g/mol. The van der Waals surface area contributed by atoms with E-state index < -0.39 is 18.2 Å². The molecular formula is C26H26FN7O3. The number of rotatable bonds is 6. The number of hydrogen-bond donors (Lipinski definition) is 2. The van der Waals surface area contributed by atoms with Crippen LogP contribution in [0.4, 0.5) is 10.2 Å². The highest BCUT2D eigenvalue weighted by molar-refractivity contribution is 5.94. The highest BCUT2D eigenvalue weighted by atomic mass is 19.1. The molecule has 190 valence electrons. The van der Waals surface area contributed by atoms with E-state index in [0.717, 1.165) is 17.5 Å². The number of aryl methyl sites for hydroxylation is 1. The average molecular weight is 504 g/mol. The summed E-state index contributed by atoms with van der Waals surface area (Å²) in [5.74, 6) is 1.18. The number of piperidine rings is 1. The van der Waals surface area contributed by atoms with E-state index in [-0.39, 0.29) is 48.5 Å². The maximum atomic E-state index is 15.0. The van der Waals surface area contributed by atoms with Gasteiger partial charge in [0, 0.05) is 25.1 Å². The molecule has 2 aliphatic rings. The predicted octanol–water partition coefficient (Wildman–Crippen LogP) is 3.27. The van der Waals surface area contributed by atoms with Gasteiger partial charge >= 0.3 is 0 Å². The molecule has 5 rings (SSSR count). The number of carbonyl (C=O) groups excluding carboxylic acids is 2. The van der Waals surface area contributed by atoms with Crippen molar-refractivity contribution in [2.75, 3.05) is 18.4 Å². The zero-order chi connectivity index (χ0) is 26.1.